The van der Waals surface area contributed by atoms with Crippen molar-refractivity contribution < 1.29 is 4.79 Å². The maximum absolute atomic E-state index is 10.4. The van der Waals surface area contributed by atoms with Gasteiger partial charge < -0.3 is 5.73 Å². The first-order valence-corrected chi connectivity index (χ1v) is 2.51. The van der Waals surface area contributed by atoms with E-state index in [4.69, 9.17) is 5.73 Å². The van der Waals surface area contributed by atoms with Crippen molar-refractivity contribution in [2.45, 2.75) is 12.5 Å². The van der Waals surface area contributed by atoms with Gasteiger partial charge in [-0.25, -0.2) is 5.43 Å². The van der Waals surface area contributed by atoms with Gasteiger partial charge in [-0.05, 0) is 0 Å². The van der Waals surface area contributed by atoms with Crippen molar-refractivity contribution >= 4 is 5.91 Å². The third kappa shape index (κ3) is 1.18. The lowest BCUT2D eigenvalue weighted by Gasteiger charge is -2.15. The molecule has 1 atom stereocenters. The highest BCUT2D eigenvalue weighted by atomic mass is 16.2. The average Bonchev–Trinajstić information content (AvgIpc) is 1.64. The molecule has 0 aliphatic carbocycles. The predicted octanol–water partition coefficient (Wildman–Crippen LogP) is -1.65. The Balaban J connectivity index is 2.34. The number of hydrogen-bond acceptors (Lipinski definition) is 3. The van der Waals surface area contributed by atoms with Crippen LogP contribution in [0.4, 0.5) is 0 Å². The van der Waals surface area contributed by atoms with Crippen LogP contribution in [0.25, 0.3) is 0 Å². The van der Waals surface area contributed by atoms with Gasteiger partial charge >= 0.3 is 0 Å². The largest absolute Gasteiger partial charge is 0.326 e. The lowest BCUT2D eigenvalue weighted by Crippen LogP contribution is -2.48. The molecule has 1 saturated heterocycles. The molecule has 1 fully saturated rings. The fraction of sp³-hybridized carbons (Fsp3) is 0.750. The molecule has 3 N–H and O–H groups in total. The third-order valence-electron chi connectivity index (χ3n) is 0.994. The van der Waals surface area contributed by atoms with Crippen LogP contribution in [0.3, 0.4) is 0 Å². The van der Waals surface area contributed by atoms with Crippen molar-refractivity contribution in [3.05, 3.63) is 0 Å². The molecule has 4 heteroatoms. The van der Waals surface area contributed by atoms with Crippen LogP contribution in [0, 0.1) is 0 Å². The molecule has 0 aromatic rings. The third-order valence-corrected chi connectivity index (χ3v) is 0.994. The number of nitrogens with two attached hydrogens (primary N) is 1. The first kappa shape index (κ1) is 5.53. The number of nitrogens with one attached hydrogen (secondary N) is 1. The number of nitrogens with zero attached hydrogens (tertiary/aromatic N) is 1. The first-order chi connectivity index (χ1) is 3.79. The molecule has 1 rings (SSSR count). The maximum atomic E-state index is 10.4. The van der Waals surface area contributed by atoms with Crippen molar-refractivity contribution in [2.24, 2.45) is 5.73 Å². The summed E-state index contributed by atoms with van der Waals surface area (Å²) in [6, 6.07) is -0.0417. The van der Waals surface area contributed by atoms with Gasteiger partial charge in [-0.2, -0.15) is 5.43 Å². The van der Waals surface area contributed by atoms with Gasteiger partial charge in [0.15, 0.2) is 0 Å². The second-order valence-electron chi connectivity index (χ2n) is 1.83. The molecule has 8 heavy (non-hydrogen) atoms. The summed E-state index contributed by atoms with van der Waals surface area (Å²) in [5.74, 6) is -0.149. The van der Waals surface area contributed by atoms with Crippen molar-refractivity contribution in [2.75, 3.05) is 6.54 Å². The van der Waals surface area contributed by atoms with E-state index < -0.39 is 0 Å². The van der Waals surface area contributed by atoms with Crippen LogP contribution in [0.2, 0.25) is 0 Å². The maximum Gasteiger partial charge on any atom is 0.258 e. The highest BCUT2D eigenvalue weighted by molar-refractivity contribution is 5.76. The van der Waals surface area contributed by atoms with Gasteiger partial charge in [-0.3, -0.25) is 4.79 Å². The Kier molecular flexibility index (Phi) is 1.45. The van der Waals surface area contributed by atoms with Crippen molar-refractivity contribution in [1.82, 2.24) is 10.9 Å². The minimum Gasteiger partial charge on any atom is -0.326 e. The average molecular weight is 114 g/mol. The van der Waals surface area contributed by atoms with E-state index in [1.807, 2.05) is 0 Å². The molecule has 1 unspecified atom stereocenters. The minimum atomic E-state index is -0.149. The van der Waals surface area contributed by atoms with Crippen molar-refractivity contribution in [3.63, 3.8) is 0 Å². The lowest BCUT2D eigenvalue weighted by molar-refractivity contribution is -0.124. The van der Waals surface area contributed by atoms with Gasteiger partial charge in [0.25, 0.3) is 5.91 Å². The van der Waals surface area contributed by atoms with Crippen LogP contribution in [-0.4, -0.2) is 18.5 Å². The lowest BCUT2D eigenvalue weighted by atomic mass is 10.2. The fourth-order valence-electron chi connectivity index (χ4n) is 0.593. The van der Waals surface area contributed by atoms with E-state index in [0.717, 1.165) is 0 Å². The quantitative estimate of drug-likeness (QED) is 0.396. The summed E-state index contributed by atoms with van der Waals surface area (Å²) in [6.07, 6.45) is 0.382. The Bertz CT molecular complexity index is 103. The van der Waals surface area contributed by atoms with Crippen molar-refractivity contribution in [1.29, 1.82) is 0 Å². The van der Waals surface area contributed by atoms with E-state index in [-0.39, 0.29) is 11.9 Å². The van der Waals surface area contributed by atoms with Gasteiger partial charge in [-0.1, -0.05) is 0 Å². The van der Waals surface area contributed by atoms with Gasteiger partial charge in [0, 0.05) is 19.0 Å². The van der Waals surface area contributed by atoms with Crippen LogP contribution in [0.5, 0.6) is 0 Å². The highest BCUT2D eigenvalue weighted by Crippen LogP contribution is 1.90. The Hall–Kier alpha value is -0.610. The Labute approximate surface area is 47.4 Å². The van der Waals surface area contributed by atoms with Gasteiger partial charge in [-0.15, -0.1) is 0 Å². The molecule has 1 aliphatic heterocycles. The summed E-state index contributed by atoms with van der Waals surface area (Å²) < 4.78 is 0. The van der Waals surface area contributed by atoms with E-state index in [2.05, 4.69) is 10.9 Å². The zero-order valence-corrected chi connectivity index (χ0v) is 4.42. The molecular weight excluding hydrogens is 106 g/mol. The predicted molar refractivity (Wildman–Crippen MR) is 27.7 cm³/mol. The monoisotopic (exact) mass is 114 g/mol. The minimum absolute atomic E-state index is 0.0417. The standard InChI is InChI=1S/C4H8N3O/c5-3-1-4(8)7-6-2-3/h3,6H,1-2,5H2. The Morgan fingerprint density at radius 3 is 3.00 bits per heavy atom. The molecular formula is C4H8N3O. The number of carbonyl (C=O) groups excluding carboxylic acids is 1. The molecule has 4 nitrogen and oxygen atoms in total. The number of hydrogen-bond donors (Lipinski definition) is 2. The molecule has 1 aliphatic rings. The number of carbonyl (C=O) groups is 1. The van der Waals surface area contributed by atoms with Crippen LogP contribution in [0.1, 0.15) is 6.42 Å². The molecule has 45 valence electrons. The Morgan fingerprint density at radius 2 is 2.62 bits per heavy atom. The molecule has 1 amide bonds. The molecule has 1 radical (unpaired) electrons. The van der Waals surface area contributed by atoms with E-state index in [9.17, 15) is 4.79 Å². The summed E-state index contributed by atoms with van der Waals surface area (Å²) in [7, 11) is 0. The van der Waals surface area contributed by atoms with Crippen LogP contribution >= 0.6 is 0 Å². The van der Waals surface area contributed by atoms with E-state index >= 15 is 0 Å². The van der Waals surface area contributed by atoms with Crippen LogP contribution in [-0.2, 0) is 4.79 Å². The van der Waals surface area contributed by atoms with Gasteiger partial charge in [0.2, 0.25) is 0 Å². The van der Waals surface area contributed by atoms with Crippen LogP contribution < -0.4 is 16.6 Å². The molecule has 0 spiro atoms. The second-order valence-corrected chi connectivity index (χ2v) is 1.83. The van der Waals surface area contributed by atoms with Crippen molar-refractivity contribution in [3.8, 4) is 0 Å². The highest BCUT2D eigenvalue weighted by Gasteiger charge is 2.15. The molecule has 0 aromatic carbocycles. The summed E-state index contributed by atoms with van der Waals surface area (Å²) in [4.78, 5) is 10.4. The normalized spacial score (nSPS) is 29.6. The summed E-state index contributed by atoms with van der Waals surface area (Å²) >= 11 is 0. The van der Waals surface area contributed by atoms with E-state index in [1.54, 1.807) is 0 Å². The summed E-state index contributed by atoms with van der Waals surface area (Å²) in [6.45, 7) is 0.617. The smallest absolute Gasteiger partial charge is 0.258 e. The van der Waals surface area contributed by atoms with E-state index in [1.165, 1.54) is 0 Å². The number of amides is 1. The van der Waals surface area contributed by atoms with E-state index in [0.29, 0.717) is 13.0 Å². The summed E-state index contributed by atoms with van der Waals surface area (Å²) in [5.41, 5.74) is 11.3. The SMILES string of the molecule is NC1CN[N]C(=O)C1. The zero-order chi connectivity index (χ0) is 5.98. The van der Waals surface area contributed by atoms with Gasteiger partial charge in [0.1, 0.15) is 0 Å². The second kappa shape index (κ2) is 2.11. The Morgan fingerprint density at radius 1 is 1.88 bits per heavy atom. The molecule has 0 aromatic heterocycles. The number of rotatable bonds is 0. The van der Waals surface area contributed by atoms with Gasteiger partial charge in [0.05, 0.1) is 0 Å². The first-order valence-electron chi connectivity index (χ1n) is 2.51. The summed E-state index contributed by atoms with van der Waals surface area (Å²) in [5, 5.41) is 0. The fourth-order valence-corrected chi connectivity index (χ4v) is 0.593. The molecule has 0 saturated carbocycles. The van der Waals surface area contributed by atoms with Crippen LogP contribution in [0.15, 0.2) is 0 Å². The topological polar surface area (TPSA) is 69.2 Å². The molecule has 0 bridgehead atoms. The molecule has 1 heterocycles. The zero-order valence-electron chi connectivity index (χ0n) is 4.42.